The van der Waals surface area contributed by atoms with Crippen molar-refractivity contribution in [2.45, 2.75) is 70.6 Å². The molecule has 2 N–H and O–H groups in total. The summed E-state index contributed by atoms with van der Waals surface area (Å²) < 4.78 is 5.95. The van der Waals surface area contributed by atoms with Gasteiger partial charge in [-0.2, -0.15) is 0 Å². The zero-order valence-corrected chi connectivity index (χ0v) is 20.5. The average molecular weight is 528 g/mol. The number of nitrogens with zero attached hydrogens (tertiary/aromatic N) is 2. The Bertz CT molecular complexity index is 652. The van der Waals surface area contributed by atoms with E-state index in [-0.39, 0.29) is 29.9 Å². The van der Waals surface area contributed by atoms with E-state index in [0.29, 0.717) is 12.5 Å². The molecule has 3 rings (SSSR count). The van der Waals surface area contributed by atoms with Gasteiger partial charge in [-0.15, -0.1) is 24.0 Å². The van der Waals surface area contributed by atoms with Crippen LogP contribution in [-0.4, -0.2) is 49.6 Å². The second kappa shape index (κ2) is 13.9. The lowest BCUT2D eigenvalue weighted by Gasteiger charge is -2.22. The number of amides is 1. The number of carbonyl (C=O) groups is 1. The number of guanidine groups is 1. The third-order valence-corrected chi connectivity index (χ3v) is 5.80. The van der Waals surface area contributed by atoms with Crippen molar-refractivity contribution >= 4 is 35.8 Å². The van der Waals surface area contributed by atoms with E-state index < -0.39 is 0 Å². The first-order valence-corrected chi connectivity index (χ1v) is 11.2. The van der Waals surface area contributed by atoms with E-state index in [4.69, 9.17) is 4.74 Å². The molecule has 1 fully saturated rings. The maximum absolute atomic E-state index is 12.4. The van der Waals surface area contributed by atoms with Crippen molar-refractivity contribution in [3.8, 4) is 0 Å². The van der Waals surface area contributed by atoms with E-state index in [1.165, 1.54) is 43.2 Å². The Labute approximate surface area is 198 Å². The maximum Gasteiger partial charge on any atom is 0.223 e. The smallest absolute Gasteiger partial charge is 0.223 e. The molecule has 7 heteroatoms. The molecule has 168 valence electrons. The molecule has 0 bridgehead atoms. The molecule has 1 aliphatic carbocycles. The highest BCUT2D eigenvalue weighted by Crippen LogP contribution is 2.23. The molecule has 1 aromatic rings. The molecular formula is C23H37IN4O2. The predicted octanol–water partition coefficient (Wildman–Crippen LogP) is 3.83. The van der Waals surface area contributed by atoms with Gasteiger partial charge in [0.05, 0.1) is 6.10 Å². The van der Waals surface area contributed by atoms with Crippen LogP contribution >= 0.6 is 24.0 Å². The molecule has 1 aliphatic heterocycles. The van der Waals surface area contributed by atoms with Crippen LogP contribution in [0, 0.1) is 0 Å². The molecule has 1 saturated carbocycles. The molecule has 0 aromatic heterocycles. The monoisotopic (exact) mass is 528 g/mol. The summed E-state index contributed by atoms with van der Waals surface area (Å²) >= 11 is 0. The van der Waals surface area contributed by atoms with Gasteiger partial charge in [-0.1, -0.05) is 43.5 Å². The predicted molar refractivity (Wildman–Crippen MR) is 132 cm³/mol. The minimum absolute atomic E-state index is 0. The van der Waals surface area contributed by atoms with Gasteiger partial charge >= 0.3 is 0 Å². The number of ether oxygens (including phenoxy) is 1. The van der Waals surface area contributed by atoms with Crippen LogP contribution in [0.3, 0.4) is 0 Å². The van der Waals surface area contributed by atoms with Crippen LogP contribution in [0.5, 0.6) is 0 Å². The molecule has 0 saturated heterocycles. The fourth-order valence-electron chi connectivity index (χ4n) is 4.10. The molecule has 1 heterocycles. The molecule has 0 unspecified atom stereocenters. The summed E-state index contributed by atoms with van der Waals surface area (Å²) in [6, 6.07) is 8.30. The van der Waals surface area contributed by atoms with Gasteiger partial charge in [-0.05, 0) is 36.8 Å². The SMILES string of the molecule is CN=C(NCCCOC1CCCCC1)NCCCC(=O)N1Cc2ccccc2C1.I. The van der Waals surface area contributed by atoms with Gasteiger partial charge in [-0.25, -0.2) is 0 Å². The number of halogens is 1. The van der Waals surface area contributed by atoms with E-state index in [0.717, 1.165) is 51.6 Å². The van der Waals surface area contributed by atoms with Crippen LogP contribution in [-0.2, 0) is 22.6 Å². The first-order valence-electron chi connectivity index (χ1n) is 11.2. The summed E-state index contributed by atoms with van der Waals surface area (Å²) in [6.45, 7) is 3.88. The van der Waals surface area contributed by atoms with E-state index in [1.54, 1.807) is 7.05 Å². The molecule has 1 amide bonds. The van der Waals surface area contributed by atoms with Gasteiger partial charge in [0.2, 0.25) is 5.91 Å². The molecule has 0 atom stereocenters. The quantitative estimate of drug-likeness (QED) is 0.221. The summed E-state index contributed by atoms with van der Waals surface area (Å²) in [5, 5.41) is 6.63. The summed E-state index contributed by atoms with van der Waals surface area (Å²) in [5.74, 6) is 1.02. The average Bonchev–Trinajstić information content (AvgIpc) is 3.20. The molecule has 6 nitrogen and oxygen atoms in total. The highest BCUT2D eigenvalue weighted by molar-refractivity contribution is 14.0. The summed E-state index contributed by atoms with van der Waals surface area (Å²) in [5.41, 5.74) is 2.55. The summed E-state index contributed by atoms with van der Waals surface area (Å²) in [4.78, 5) is 18.6. The van der Waals surface area contributed by atoms with Crippen LogP contribution < -0.4 is 10.6 Å². The molecule has 0 spiro atoms. The number of aliphatic imine (C=N–C) groups is 1. The van der Waals surface area contributed by atoms with Crippen LogP contribution in [0.1, 0.15) is 62.5 Å². The van der Waals surface area contributed by atoms with Gasteiger partial charge in [0.25, 0.3) is 0 Å². The third-order valence-electron chi connectivity index (χ3n) is 5.80. The first-order chi connectivity index (χ1) is 14.3. The Hall–Kier alpha value is -1.35. The van der Waals surface area contributed by atoms with Crippen molar-refractivity contribution in [3.63, 3.8) is 0 Å². The Morgan fingerprint density at radius 1 is 1.07 bits per heavy atom. The second-order valence-corrected chi connectivity index (χ2v) is 8.03. The lowest BCUT2D eigenvalue weighted by atomic mass is 9.98. The second-order valence-electron chi connectivity index (χ2n) is 8.03. The minimum atomic E-state index is 0. The maximum atomic E-state index is 12.4. The summed E-state index contributed by atoms with van der Waals surface area (Å²) in [6.07, 6.45) is 9.25. The zero-order chi connectivity index (χ0) is 20.3. The van der Waals surface area contributed by atoms with Crippen molar-refractivity contribution in [1.82, 2.24) is 15.5 Å². The first kappa shape index (κ1) is 24.9. The highest BCUT2D eigenvalue weighted by atomic mass is 127. The van der Waals surface area contributed by atoms with Crippen molar-refractivity contribution in [1.29, 1.82) is 0 Å². The number of hydrogen-bond acceptors (Lipinski definition) is 3. The Balaban J connectivity index is 0.00000320. The number of carbonyl (C=O) groups excluding carboxylic acids is 1. The van der Waals surface area contributed by atoms with E-state index in [1.807, 2.05) is 17.0 Å². The van der Waals surface area contributed by atoms with E-state index >= 15 is 0 Å². The summed E-state index contributed by atoms with van der Waals surface area (Å²) in [7, 11) is 1.78. The molecule has 30 heavy (non-hydrogen) atoms. The third kappa shape index (κ3) is 8.06. The van der Waals surface area contributed by atoms with Crippen molar-refractivity contribution in [2.24, 2.45) is 4.99 Å². The number of fused-ring (bicyclic) bond motifs is 1. The number of benzene rings is 1. The lowest BCUT2D eigenvalue weighted by Crippen LogP contribution is -2.39. The normalized spacial score (nSPS) is 16.7. The molecule has 0 radical (unpaired) electrons. The van der Waals surface area contributed by atoms with Crippen molar-refractivity contribution in [2.75, 3.05) is 26.7 Å². The molecule has 2 aliphatic rings. The number of rotatable bonds is 9. The molecule has 1 aromatic carbocycles. The van der Waals surface area contributed by atoms with Gasteiger partial charge in [0, 0.05) is 46.3 Å². The highest BCUT2D eigenvalue weighted by Gasteiger charge is 2.22. The number of hydrogen-bond donors (Lipinski definition) is 2. The van der Waals surface area contributed by atoms with Gasteiger partial charge in [0.1, 0.15) is 0 Å². The Morgan fingerprint density at radius 2 is 1.70 bits per heavy atom. The van der Waals surface area contributed by atoms with Crippen LogP contribution in [0.4, 0.5) is 0 Å². The topological polar surface area (TPSA) is 66.0 Å². The van der Waals surface area contributed by atoms with Crippen LogP contribution in [0.25, 0.3) is 0 Å². The Kier molecular flexibility index (Phi) is 11.5. The Morgan fingerprint density at radius 3 is 2.33 bits per heavy atom. The van der Waals surface area contributed by atoms with E-state index in [2.05, 4.69) is 27.8 Å². The van der Waals surface area contributed by atoms with Gasteiger partial charge in [0.15, 0.2) is 5.96 Å². The molecular weight excluding hydrogens is 491 g/mol. The number of nitrogens with one attached hydrogen (secondary N) is 2. The standard InChI is InChI=1S/C23H36N4O2.HI/c1-24-23(26-15-8-16-29-21-11-3-2-4-12-21)25-14-7-13-22(28)27-17-19-9-5-6-10-20(19)18-27;/h5-6,9-10,21H,2-4,7-8,11-18H2,1H3,(H2,24,25,26);1H. The fourth-order valence-corrected chi connectivity index (χ4v) is 4.10. The lowest BCUT2D eigenvalue weighted by molar-refractivity contribution is -0.131. The van der Waals surface area contributed by atoms with Gasteiger partial charge < -0.3 is 20.3 Å². The fraction of sp³-hybridized carbons (Fsp3) is 0.652. The minimum Gasteiger partial charge on any atom is -0.378 e. The zero-order valence-electron chi connectivity index (χ0n) is 18.2. The van der Waals surface area contributed by atoms with Gasteiger partial charge in [-0.3, -0.25) is 9.79 Å². The van der Waals surface area contributed by atoms with Crippen molar-refractivity contribution in [3.05, 3.63) is 35.4 Å². The van der Waals surface area contributed by atoms with E-state index in [9.17, 15) is 4.79 Å². The largest absolute Gasteiger partial charge is 0.378 e. The van der Waals surface area contributed by atoms with Crippen LogP contribution in [0.15, 0.2) is 29.3 Å². The van der Waals surface area contributed by atoms with Crippen molar-refractivity contribution < 1.29 is 9.53 Å². The van der Waals surface area contributed by atoms with Crippen LogP contribution in [0.2, 0.25) is 0 Å².